The molecule has 0 saturated carbocycles. The van der Waals surface area contributed by atoms with Crippen molar-refractivity contribution in [3.05, 3.63) is 11.8 Å². The molecule has 1 N–H and O–H groups in total. The lowest BCUT2D eigenvalue weighted by atomic mass is 9.96. The van der Waals surface area contributed by atoms with E-state index in [0.717, 1.165) is 12.0 Å². The summed E-state index contributed by atoms with van der Waals surface area (Å²) < 4.78 is 39.0. The molecule has 1 heterocycles. The molecule has 1 aliphatic rings. The van der Waals surface area contributed by atoms with Crippen molar-refractivity contribution in [3.63, 3.8) is 0 Å². The van der Waals surface area contributed by atoms with Gasteiger partial charge in [0.2, 0.25) is 0 Å². The van der Waals surface area contributed by atoms with Crippen LogP contribution < -0.4 is 4.90 Å². The van der Waals surface area contributed by atoms with Gasteiger partial charge in [-0.3, -0.25) is 0 Å². The van der Waals surface area contributed by atoms with Crippen molar-refractivity contribution < 1.29 is 22.2 Å². The maximum Gasteiger partial charge on any atom is 0.673 e. The van der Waals surface area contributed by atoms with Crippen LogP contribution in [0.15, 0.2) is 11.8 Å². The largest absolute Gasteiger partial charge is 0.673 e. The monoisotopic (exact) mass is 255 g/mol. The van der Waals surface area contributed by atoms with Crippen LogP contribution in [0.3, 0.4) is 0 Å². The van der Waals surface area contributed by atoms with Crippen molar-refractivity contribution in [3.8, 4) is 0 Å². The molecule has 0 saturated heterocycles. The van der Waals surface area contributed by atoms with E-state index < -0.39 is 7.25 Å². The molecule has 102 valence electrons. The Morgan fingerprint density at radius 2 is 1.59 bits per heavy atom. The first-order chi connectivity index (χ1) is 7.61. The van der Waals surface area contributed by atoms with Gasteiger partial charge < -0.3 is 22.2 Å². The van der Waals surface area contributed by atoms with E-state index in [-0.39, 0.29) is 0 Å². The molecule has 6 heteroatoms. The standard InChI is InChI=1S/C11H21N.BF4/c1-9(2)11-6-5-7-12(8-11)10(3)4;2-1(3,4)5/h8-10H,5-7H2,1-4H3;/q;-1/p+1. The molecule has 0 bridgehead atoms. The summed E-state index contributed by atoms with van der Waals surface area (Å²) in [5.41, 5.74) is 1.66. The predicted molar refractivity (Wildman–Crippen MR) is 63.3 cm³/mol. The number of quaternary nitrogens is 1. The normalized spacial score (nSPS) is 21.1. The summed E-state index contributed by atoms with van der Waals surface area (Å²) in [6.07, 6.45) is 5.16. The highest BCUT2D eigenvalue weighted by Crippen LogP contribution is 2.15. The van der Waals surface area contributed by atoms with Crippen molar-refractivity contribution in [2.45, 2.75) is 46.6 Å². The van der Waals surface area contributed by atoms with Gasteiger partial charge >= 0.3 is 7.25 Å². The Hall–Kier alpha value is -0.515. The molecule has 0 amide bonds. The number of hydrogen-bond donors (Lipinski definition) is 1. The molecule has 1 unspecified atom stereocenters. The Morgan fingerprint density at radius 1 is 1.12 bits per heavy atom. The van der Waals surface area contributed by atoms with Gasteiger partial charge in [0.1, 0.15) is 0 Å². The zero-order valence-corrected chi connectivity index (χ0v) is 10.9. The Labute approximate surface area is 101 Å². The van der Waals surface area contributed by atoms with Crippen LogP contribution in [-0.2, 0) is 0 Å². The van der Waals surface area contributed by atoms with Crippen LogP contribution in [-0.4, -0.2) is 19.8 Å². The van der Waals surface area contributed by atoms with Crippen LogP contribution in [0.25, 0.3) is 0 Å². The van der Waals surface area contributed by atoms with E-state index in [2.05, 4.69) is 33.9 Å². The molecule has 0 spiro atoms. The van der Waals surface area contributed by atoms with E-state index >= 15 is 0 Å². The van der Waals surface area contributed by atoms with E-state index in [4.69, 9.17) is 0 Å². The highest BCUT2D eigenvalue weighted by Gasteiger charge is 2.20. The third kappa shape index (κ3) is 9.21. The van der Waals surface area contributed by atoms with Gasteiger partial charge in [-0.2, -0.15) is 0 Å². The minimum absolute atomic E-state index is 0.749. The van der Waals surface area contributed by atoms with Crippen LogP contribution in [0.5, 0.6) is 0 Å². The highest BCUT2D eigenvalue weighted by atomic mass is 19.5. The second kappa shape index (κ2) is 7.04. The van der Waals surface area contributed by atoms with E-state index in [1.807, 2.05) is 0 Å². The van der Waals surface area contributed by atoms with Crippen LogP contribution in [0, 0.1) is 5.92 Å². The first-order valence-corrected chi connectivity index (χ1v) is 6.04. The minimum Gasteiger partial charge on any atom is -0.418 e. The molecule has 0 aromatic rings. The fraction of sp³-hybridized carbons (Fsp3) is 0.818. The van der Waals surface area contributed by atoms with E-state index in [9.17, 15) is 17.3 Å². The second-order valence-corrected chi connectivity index (χ2v) is 4.95. The van der Waals surface area contributed by atoms with Crippen molar-refractivity contribution in [1.29, 1.82) is 0 Å². The zero-order valence-electron chi connectivity index (χ0n) is 10.9. The van der Waals surface area contributed by atoms with Crippen LogP contribution in [0.4, 0.5) is 17.3 Å². The van der Waals surface area contributed by atoms with Crippen LogP contribution in [0.2, 0.25) is 0 Å². The summed E-state index contributed by atoms with van der Waals surface area (Å²) in [6, 6.07) is 0.749. The summed E-state index contributed by atoms with van der Waals surface area (Å²) in [5, 5.41) is 0. The number of allylic oxidation sites excluding steroid dienone is 1. The quantitative estimate of drug-likeness (QED) is 0.571. The topological polar surface area (TPSA) is 4.44 Å². The number of nitrogens with one attached hydrogen (secondary N) is 1. The first kappa shape index (κ1) is 16.5. The molecule has 0 aromatic heterocycles. The van der Waals surface area contributed by atoms with Gasteiger partial charge in [-0.1, -0.05) is 13.8 Å². The highest BCUT2D eigenvalue weighted by molar-refractivity contribution is 6.50. The molecular formula is C11H22BF4N. The Kier molecular flexibility index (Phi) is 6.83. The molecule has 0 radical (unpaired) electrons. The lowest BCUT2D eigenvalue weighted by Gasteiger charge is -2.26. The third-order valence-electron chi connectivity index (χ3n) is 2.78. The smallest absolute Gasteiger partial charge is 0.418 e. The molecule has 1 nitrogen and oxygen atoms in total. The van der Waals surface area contributed by atoms with Gasteiger partial charge in [-0.15, -0.1) is 0 Å². The lowest BCUT2D eigenvalue weighted by Crippen LogP contribution is -3.11. The van der Waals surface area contributed by atoms with E-state index in [0.29, 0.717) is 0 Å². The van der Waals surface area contributed by atoms with Crippen molar-refractivity contribution in [2.24, 2.45) is 5.92 Å². The molecule has 1 aliphatic heterocycles. The molecular weight excluding hydrogens is 233 g/mol. The summed E-state index contributed by atoms with van der Waals surface area (Å²) in [4.78, 5) is 1.66. The van der Waals surface area contributed by atoms with Crippen LogP contribution >= 0.6 is 0 Å². The Balaban J connectivity index is 0.000000437. The minimum atomic E-state index is -6.00. The van der Waals surface area contributed by atoms with Gasteiger partial charge in [0.05, 0.1) is 18.8 Å². The fourth-order valence-electron chi connectivity index (χ4n) is 1.79. The number of rotatable bonds is 2. The van der Waals surface area contributed by atoms with Crippen LogP contribution in [0.1, 0.15) is 40.5 Å². The fourth-order valence-corrected chi connectivity index (χ4v) is 1.79. The van der Waals surface area contributed by atoms with Crippen molar-refractivity contribution >= 4 is 7.25 Å². The second-order valence-electron chi connectivity index (χ2n) is 4.95. The predicted octanol–water partition coefficient (Wildman–Crippen LogP) is 2.91. The SMILES string of the molecule is CC(C)C1=C[NH+](C(C)C)CCC1.F[B-](F)(F)F. The molecule has 0 aromatic carbocycles. The van der Waals surface area contributed by atoms with Gasteiger partial charge in [-0.25, -0.2) is 0 Å². The van der Waals surface area contributed by atoms with E-state index in [1.54, 1.807) is 10.5 Å². The Morgan fingerprint density at radius 3 is 1.94 bits per heavy atom. The first-order valence-electron chi connectivity index (χ1n) is 6.04. The molecule has 1 rings (SSSR count). The average Bonchev–Trinajstić information content (AvgIpc) is 2.15. The maximum atomic E-state index is 9.75. The number of halogens is 4. The van der Waals surface area contributed by atoms with E-state index in [1.165, 1.54) is 19.4 Å². The van der Waals surface area contributed by atoms with Gasteiger partial charge in [-0.05, 0) is 31.8 Å². The van der Waals surface area contributed by atoms with Crippen molar-refractivity contribution in [2.75, 3.05) is 6.54 Å². The molecule has 1 atom stereocenters. The summed E-state index contributed by atoms with van der Waals surface area (Å²) in [7, 11) is -6.00. The van der Waals surface area contributed by atoms with Gasteiger partial charge in [0.15, 0.2) is 0 Å². The average molecular weight is 255 g/mol. The van der Waals surface area contributed by atoms with Gasteiger partial charge in [0, 0.05) is 6.42 Å². The summed E-state index contributed by atoms with van der Waals surface area (Å²) in [6.45, 7) is 10.5. The van der Waals surface area contributed by atoms with Crippen molar-refractivity contribution in [1.82, 2.24) is 0 Å². The third-order valence-corrected chi connectivity index (χ3v) is 2.78. The molecule has 17 heavy (non-hydrogen) atoms. The lowest BCUT2D eigenvalue weighted by molar-refractivity contribution is -0.872. The number of hydrogen-bond acceptors (Lipinski definition) is 0. The summed E-state index contributed by atoms with van der Waals surface area (Å²) >= 11 is 0. The maximum absolute atomic E-state index is 9.75. The zero-order chi connectivity index (χ0) is 13.6. The molecule has 0 fully saturated rings. The summed E-state index contributed by atoms with van der Waals surface area (Å²) in [5.74, 6) is 0.749. The molecule has 0 aliphatic carbocycles. The van der Waals surface area contributed by atoms with Gasteiger partial charge in [0.25, 0.3) is 0 Å². The Bertz CT molecular complexity index is 242.